The Kier molecular flexibility index (Phi) is 20.7. The van der Waals surface area contributed by atoms with E-state index >= 15 is 0 Å². The third-order valence-corrected chi connectivity index (χ3v) is 9.77. The Morgan fingerprint density at radius 1 is 0.687 bits per heavy atom. The summed E-state index contributed by atoms with van der Waals surface area (Å²) in [7, 11) is 0. The molecule has 0 saturated heterocycles. The molecule has 0 bridgehead atoms. The second-order valence-corrected chi connectivity index (χ2v) is 14.9. The van der Waals surface area contributed by atoms with Crippen LogP contribution in [-0.4, -0.2) is 62.1 Å². The van der Waals surface area contributed by atoms with Crippen LogP contribution < -0.4 is 9.80 Å². The minimum absolute atomic E-state index is 0.0868. The number of carbonyl (C=O) groups is 4. The van der Waals surface area contributed by atoms with Gasteiger partial charge in [-0.15, -0.1) is 0 Å². The highest BCUT2D eigenvalue weighted by atomic mass is 16.6. The van der Waals surface area contributed by atoms with Crippen molar-refractivity contribution in [3.63, 3.8) is 0 Å². The number of amides is 2. The molecule has 6 rings (SSSR count). The fourth-order valence-corrected chi connectivity index (χ4v) is 6.62. The molecule has 67 heavy (non-hydrogen) atoms. The van der Waals surface area contributed by atoms with Gasteiger partial charge in [-0.2, -0.15) is 0 Å². The Balaban J connectivity index is 0.000000244. The van der Waals surface area contributed by atoms with E-state index in [1.807, 2.05) is 127 Å². The number of allylic oxidation sites excluding steroid dienone is 5. The first-order valence-corrected chi connectivity index (χ1v) is 21.3. The second kappa shape index (κ2) is 27.0. The van der Waals surface area contributed by atoms with Crippen molar-refractivity contribution in [2.75, 3.05) is 9.80 Å². The molecule has 0 saturated carbocycles. The lowest BCUT2D eigenvalue weighted by molar-refractivity contribution is -0.523. The Labute approximate surface area is 388 Å². The number of aliphatic carboxylic acids is 1. The Bertz CT molecular complexity index is 2490. The lowest BCUT2D eigenvalue weighted by Crippen LogP contribution is -2.24. The third kappa shape index (κ3) is 17.9. The number of benzene rings is 4. The van der Waals surface area contributed by atoms with E-state index in [1.165, 1.54) is 28.9 Å². The maximum absolute atomic E-state index is 12.9. The zero-order valence-corrected chi connectivity index (χ0v) is 36.9. The van der Waals surface area contributed by atoms with E-state index in [-0.39, 0.29) is 33.8 Å². The number of para-hydroxylation sites is 4. The normalized spacial score (nSPS) is 15.9. The number of hydrogen-bond donors (Lipinski definition) is 2. The minimum Gasteiger partial charge on any atom is -0.478 e. The second-order valence-electron chi connectivity index (χ2n) is 14.9. The van der Waals surface area contributed by atoms with Crippen LogP contribution in [-0.2, 0) is 23.9 Å². The Morgan fingerprint density at radius 3 is 1.58 bits per heavy atom. The molecule has 15 nitrogen and oxygen atoms in total. The maximum atomic E-state index is 12.9. The molecule has 0 radical (unpaired) electrons. The van der Waals surface area contributed by atoms with Gasteiger partial charge in [-0.3, -0.25) is 39.6 Å². The molecular formula is C52H50N4O11. The predicted molar refractivity (Wildman–Crippen MR) is 254 cm³/mol. The standard InChI is InChI=1S/C26H24N2O5.C17H15NO2.C9H11NO4/c1-20(33-26(30)18-16-21-9-8-14-24(19-21)28(31)32)15-17-25(29)27(22-10-4-2-5-11-22)23-12-6-3-7-13-23;1-14(19)12-13-17(20)18(15-8-4-2-5-9-15)16-10-6-3-7-11-16;11-9(12)5-4-7-2-1-3-8(6-7)10(13)14/h2-7,10-14,16,18,20-21H,8-9,19H2,1H3;2-11,14,19H,1H3;2,4-5,8H,1,3,6H2,(H,11,12)/b18-16+;;5-4+/t20-,21?;14-;/m00./s1. The van der Waals surface area contributed by atoms with E-state index in [0.29, 0.717) is 37.1 Å². The topological polar surface area (TPSA) is 211 Å². The summed E-state index contributed by atoms with van der Waals surface area (Å²) in [6.45, 7) is 3.10. The van der Waals surface area contributed by atoms with E-state index in [0.717, 1.165) is 29.4 Å². The van der Waals surface area contributed by atoms with Crippen molar-refractivity contribution in [3.8, 4) is 23.7 Å². The Morgan fingerprint density at radius 2 is 1.15 bits per heavy atom. The van der Waals surface area contributed by atoms with Gasteiger partial charge in [0.2, 0.25) is 11.7 Å². The summed E-state index contributed by atoms with van der Waals surface area (Å²) in [5, 5.41) is 38.9. The number of nitrogens with zero attached hydrogens (tertiary/aromatic N) is 4. The van der Waals surface area contributed by atoms with Gasteiger partial charge in [0, 0.05) is 59.1 Å². The van der Waals surface area contributed by atoms with Crippen molar-refractivity contribution in [2.24, 2.45) is 5.92 Å². The van der Waals surface area contributed by atoms with Crippen molar-refractivity contribution in [1.82, 2.24) is 0 Å². The van der Waals surface area contributed by atoms with Crippen molar-refractivity contribution >= 4 is 46.5 Å². The average Bonchev–Trinajstić information content (AvgIpc) is 3.33. The van der Waals surface area contributed by atoms with Crippen LogP contribution in [0.4, 0.5) is 22.7 Å². The summed E-state index contributed by atoms with van der Waals surface area (Å²) < 4.78 is 5.24. The van der Waals surface area contributed by atoms with Gasteiger partial charge in [0.05, 0.1) is 4.92 Å². The molecule has 0 spiro atoms. The Hall–Kier alpha value is -8.40. The summed E-state index contributed by atoms with van der Waals surface area (Å²) in [5.74, 6) is 7.63. The number of nitro groups is 2. The van der Waals surface area contributed by atoms with Crippen molar-refractivity contribution in [3.05, 3.63) is 189 Å². The van der Waals surface area contributed by atoms with Crippen LogP contribution in [0.5, 0.6) is 0 Å². The first-order chi connectivity index (χ1) is 32.2. The number of anilines is 4. The number of carbonyl (C=O) groups excluding carboxylic acids is 3. The van der Waals surface area contributed by atoms with Crippen LogP contribution in [0.25, 0.3) is 0 Å². The molecule has 2 amide bonds. The van der Waals surface area contributed by atoms with Crippen LogP contribution >= 0.6 is 0 Å². The zero-order valence-electron chi connectivity index (χ0n) is 36.9. The molecule has 2 aliphatic rings. The molecule has 0 aromatic heterocycles. The SMILES string of the molecule is C[C@@H](C#CC(=O)N(c1ccccc1)c1ccccc1)OC(=O)/C=C/C1CCC=C([N+](=O)[O-])C1.C[C@H](O)C#CC(=O)N(c1ccccc1)c1ccccc1.O=C(O)/C=C/C1=CCCC([N+](=O)[O-])C1. The number of carboxylic acid groups (broad SMARTS) is 1. The van der Waals surface area contributed by atoms with Gasteiger partial charge >= 0.3 is 23.8 Å². The molecule has 2 aliphatic carbocycles. The highest BCUT2D eigenvalue weighted by Gasteiger charge is 2.24. The fourth-order valence-electron chi connectivity index (χ4n) is 6.62. The summed E-state index contributed by atoms with van der Waals surface area (Å²) in [5.41, 5.74) is 3.73. The average molecular weight is 907 g/mol. The predicted octanol–water partition coefficient (Wildman–Crippen LogP) is 8.92. The van der Waals surface area contributed by atoms with Gasteiger partial charge in [0.1, 0.15) is 6.10 Å². The quantitative estimate of drug-likeness (QED) is 0.0477. The van der Waals surface area contributed by atoms with Gasteiger partial charge in [0.15, 0.2) is 6.10 Å². The molecule has 0 aliphatic heterocycles. The molecule has 0 heterocycles. The number of carboxylic acids is 1. The van der Waals surface area contributed by atoms with Gasteiger partial charge in [0.25, 0.3) is 0 Å². The van der Waals surface area contributed by atoms with E-state index in [9.17, 15) is 44.5 Å². The van der Waals surface area contributed by atoms with Crippen LogP contribution in [0.3, 0.4) is 0 Å². The molecule has 4 aromatic carbocycles. The van der Waals surface area contributed by atoms with Crippen molar-refractivity contribution in [1.29, 1.82) is 0 Å². The van der Waals surface area contributed by atoms with E-state index in [4.69, 9.17) is 9.84 Å². The molecule has 4 atom stereocenters. The number of aliphatic hydroxyl groups is 1. The zero-order chi connectivity index (χ0) is 48.6. The van der Waals surface area contributed by atoms with Crippen LogP contribution in [0.2, 0.25) is 0 Å². The highest BCUT2D eigenvalue weighted by Crippen LogP contribution is 2.27. The summed E-state index contributed by atoms with van der Waals surface area (Å²) >= 11 is 0. The molecule has 4 aromatic rings. The largest absolute Gasteiger partial charge is 0.478 e. The smallest absolute Gasteiger partial charge is 0.331 e. The maximum Gasteiger partial charge on any atom is 0.331 e. The molecule has 2 N–H and O–H groups in total. The summed E-state index contributed by atoms with van der Waals surface area (Å²) in [6.07, 6.45) is 10.3. The molecular weight excluding hydrogens is 857 g/mol. The number of aliphatic hydroxyl groups excluding tert-OH is 1. The molecule has 2 unspecified atom stereocenters. The first kappa shape index (κ1) is 51.2. The van der Waals surface area contributed by atoms with Crippen LogP contribution in [0.1, 0.15) is 52.4 Å². The summed E-state index contributed by atoms with van der Waals surface area (Å²) in [4.78, 5) is 71.2. The fraction of sp³-hybridized carbons (Fsp3) is 0.231. The van der Waals surface area contributed by atoms with Crippen molar-refractivity contribution < 1.29 is 44.0 Å². The first-order valence-electron chi connectivity index (χ1n) is 21.3. The van der Waals surface area contributed by atoms with Crippen molar-refractivity contribution in [2.45, 2.75) is 70.6 Å². The number of rotatable bonds is 11. The monoisotopic (exact) mass is 906 g/mol. The van der Waals surface area contributed by atoms with Crippen LogP contribution in [0, 0.1) is 49.8 Å². The number of ether oxygens (including phenoxy) is 1. The van der Waals surface area contributed by atoms with Gasteiger partial charge in [-0.25, -0.2) is 9.59 Å². The summed E-state index contributed by atoms with van der Waals surface area (Å²) in [6, 6.07) is 36.3. The van der Waals surface area contributed by atoms with Gasteiger partial charge in [-0.1, -0.05) is 96.9 Å². The molecule has 344 valence electrons. The van der Waals surface area contributed by atoms with E-state index < -0.39 is 36.1 Å². The molecule has 0 fully saturated rings. The lowest BCUT2D eigenvalue weighted by Gasteiger charge is -2.20. The number of esters is 1. The minimum atomic E-state index is -1.03. The number of hydrogen-bond acceptors (Lipinski definition) is 10. The van der Waals surface area contributed by atoms with E-state index in [1.54, 1.807) is 19.1 Å². The van der Waals surface area contributed by atoms with Crippen LogP contribution in [0.15, 0.2) is 169 Å². The lowest BCUT2D eigenvalue weighted by atomic mass is 9.92. The van der Waals surface area contributed by atoms with Gasteiger partial charge in [-0.05, 0) is 117 Å². The van der Waals surface area contributed by atoms with Gasteiger partial charge < -0.3 is 14.9 Å². The van der Waals surface area contributed by atoms with E-state index in [2.05, 4.69) is 23.7 Å². The molecule has 15 heteroatoms. The third-order valence-electron chi connectivity index (χ3n) is 9.77. The highest BCUT2D eigenvalue weighted by molar-refractivity contribution is 6.11.